The van der Waals surface area contributed by atoms with Gasteiger partial charge >= 0.3 is 0 Å². The Balaban J connectivity index is 2.21. The molecule has 3 rings (SSSR count). The highest BCUT2D eigenvalue weighted by Crippen LogP contribution is 2.26. The fourth-order valence-corrected chi connectivity index (χ4v) is 2.46. The first-order valence-electron chi connectivity index (χ1n) is 5.80. The van der Waals surface area contributed by atoms with Crippen molar-refractivity contribution in [2.75, 3.05) is 0 Å². The van der Waals surface area contributed by atoms with Gasteiger partial charge in [-0.15, -0.1) is 5.10 Å². The molecule has 0 amide bonds. The summed E-state index contributed by atoms with van der Waals surface area (Å²) in [6.45, 7) is 2.00. The fraction of sp³-hybridized carbons (Fsp3) is 0.308. The number of Topliss-reactive ketones (excluding diaryl/α,β-unsaturated/α-hetero) is 1. The molecule has 2 aromatic heterocycles. The number of fused-ring (bicyclic) bond motifs is 1. The summed E-state index contributed by atoms with van der Waals surface area (Å²) >= 11 is 0. The monoisotopic (exact) mass is 227 g/mol. The minimum atomic E-state index is 0.247. The average Bonchev–Trinajstić information content (AvgIpc) is 2.68. The number of aromatic nitrogens is 3. The highest BCUT2D eigenvalue weighted by molar-refractivity contribution is 5.98. The lowest BCUT2D eigenvalue weighted by Crippen LogP contribution is -2.13. The van der Waals surface area contributed by atoms with E-state index in [4.69, 9.17) is 0 Å². The third-order valence-corrected chi connectivity index (χ3v) is 3.19. The van der Waals surface area contributed by atoms with Crippen LogP contribution in [0.4, 0.5) is 0 Å². The maximum atomic E-state index is 11.8. The first-order chi connectivity index (χ1) is 8.27. The Bertz CT molecular complexity index is 572. The average molecular weight is 227 g/mol. The van der Waals surface area contributed by atoms with Gasteiger partial charge in [-0.1, -0.05) is 0 Å². The summed E-state index contributed by atoms with van der Waals surface area (Å²) in [4.78, 5) is 11.8. The number of rotatable bonds is 1. The molecule has 0 saturated carbocycles. The first kappa shape index (κ1) is 10.2. The lowest BCUT2D eigenvalue weighted by molar-refractivity contribution is 0.0972. The summed E-state index contributed by atoms with van der Waals surface area (Å²) in [5.74, 6) is 1.04. The molecule has 0 atom stereocenters. The van der Waals surface area contributed by atoms with E-state index in [0.29, 0.717) is 6.42 Å². The van der Waals surface area contributed by atoms with Gasteiger partial charge in [0.1, 0.15) is 0 Å². The third kappa shape index (κ3) is 1.56. The second-order valence-corrected chi connectivity index (χ2v) is 4.34. The van der Waals surface area contributed by atoms with Crippen LogP contribution in [-0.4, -0.2) is 20.5 Å². The minimum Gasteiger partial charge on any atom is -0.301 e. The molecule has 0 saturated heterocycles. The van der Waals surface area contributed by atoms with Gasteiger partial charge in [0.05, 0.1) is 0 Å². The smallest absolute Gasteiger partial charge is 0.164 e. The summed E-state index contributed by atoms with van der Waals surface area (Å²) < 4.78 is 2.04. The zero-order valence-corrected chi connectivity index (χ0v) is 9.68. The van der Waals surface area contributed by atoms with E-state index in [1.54, 1.807) is 6.20 Å². The van der Waals surface area contributed by atoms with E-state index in [1.807, 2.05) is 29.7 Å². The van der Waals surface area contributed by atoms with Crippen molar-refractivity contribution in [2.24, 2.45) is 0 Å². The van der Waals surface area contributed by atoms with Crippen LogP contribution in [0.3, 0.4) is 0 Å². The van der Waals surface area contributed by atoms with Crippen molar-refractivity contribution in [3.8, 4) is 5.82 Å². The number of aryl methyl sites for hydroxylation is 1. The van der Waals surface area contributed by atoms with Crippen molar-refractivity contribution < 1.29 is 4.79 Å². The first-order valence-corrected chi connectivity index (χ1v) is 5.80. The zero-order valence-electron chi connectivity index (χ0n) is 9.68. The summed E-state index contributed by atoms with van der Waals surface area (Å²) in [5, 5.41) is 8.01. The SMILES string of the molecule is Cc1cc2c(n1-c1cccnn1)CCCC2=O. The van der Waals surface area contributed by atoms with Crippen molar-refractivity contribution in [2.45, 2.75) is 26.2 Å². The van der Waals surface area contributed by atoms with Crippen molar-refractivity contribution >= 4 is 5.78 Å². The Kier molecular flexibility index (Phi) is 2.28. The van der Waals surface area contributed by atoms with Crippen LogP contribution < -0.4 is 0 Å². The predicted molar refractivity (Wildman–Crippen MR) is 63.4 cm³/mol. The Labute approximate surface area is 99.3 Å². The molecule has 0 unspecified atom stereocenters. The topological polar surface area (TPSA) is 47.8 Å². The Morgan fingerprint density at radius 1 is 1.35 bits per heavy atom. The molecule has 0 fully saturated rings. The number of carbonyl (C=O) groups excluding carboxylic acids is 1. The Hall–Kier alpha value is -1.97. The number of hydrogen-bond acceptors (Lipinski definition) is 3. The van der Waals surface area contributed by atoms with E-state index in [-0.39, 0.29) is 5.78 Å². The molecule has 0 radical (unpaired) electrons. The molecule has 17 heavy (non-hydrogen) atoms. The van der Waals surface area contributed by atoms with Crippen LogP contribution in [0.25, 0.3) is 5.82 Å². The molecule has 4 heteroatoms. The van der Waals surface area contributed by atoms with Crippen LogP contribution in [0.5, 0.6) is 0 Å². The van der Waals surface area contributed by atoms with Gasteiger partial charge in [0, 0.05) is 29.6 Å². The molecule has 0 spiro atoms. The zero-order chi connectivity index (χ0) is 11.8. The quantitative estimate of drug-likeness (QED) is 0.749. The highest BCUT2D eigenvalue weighted by Gasteiger charge is 2.23. The molecule has 1 aliphatic carbocycles. The molecule has 1 aliphatic rings. The van der Waals surface area contributed by atoms with E-state index in [1.165, 1.54) is 0 Å². The van der Waals surface area contributed by atoms with E-state index < -0.39 is 0 Å². The molecule has 0 N–H and O–H groups in total. The molecular formula is C13H13N3O. The van der Waals surface area contributed by atoms with Gasteiger partial charge in [-0.3, -0.25) is 4.79 Å². The molecular weight excluding hydrogens is 214 g/mol. The van der Waals surface area contributed by atoms with Gasteiger partial charge in [0.25, 0.3) is 0 Å². The van der Waals surface area contributed by atoms with Crippen LogP contribution in [0, 0.1) is 6.92 Å². The Morgan fingerprint density at radius 3 is 3.00 bits per heavy atom. The molecule has 4 nitrogen and oxygen atoms in total. The maximum Gasteiger partial charge on any atom is 0.164 e. The van der Waals surface area contributed by atoms with Crippen molar-refractivity contribution in [3.63, 3.8) is 0 Å². The van der Waals surface area contributed by atoms with Gasteiger partial charge in [-0.2, -0.15) is 5.10 Å². The van der Waals surface area contributed by atoms with Gasteiger partial charge < -0.3 is 4.57 Å². The van der Waals surface area contributed by atoms with E-state index in [9.17, 15) is 4.79 Å². The van der Waals surface area contributed by atoms with Crippen molar-refractivity contribution in [1.29, 1.82) is 0 Å². The van der Waals surface area contributed by atoms with Crippen molar-refractivity contribution in [1.82, 2.24) is 14.8 Å². The van der Waals surface area contributed by atoms with Gasteiger partial charge in [-0.05, 0) is 38.0 Å². The summed E-state index contributed by atoms with van der Waals surface area (Å²) in [7, 11) is 0. The largest absolute Gasteiger partial charge is 0.301 e. The maximum absolute atomic E-state index is 11.8. The van der Waals surface area contributed by atoms with Gasteiger partial charge in [0.2, 0.25) is 0 Å². The van der Waals surface area contributed by atoms with Crippen LogP contribution in [-0.2, 0) is 6.42 Å². The second kappa shape index (κ2) is 3.80. The highest BCUT2D eigenvalue weighted by atomic mass is 16.1. The Morgan fingerprint density at radius 2 is 2.24 bits per heavy atom. The van der Waals surface area contributed by atoms with Crippen LogP contribution in [0.1, 0.15) is 34.6 Å². The van der Waals surface area contributed by atoms with Crippen LogP contribution in [0.15, 0.2) is 24.4 Å². The predicted octanol–water partition coefficient (Wildman–Crippen LogP) is 2.09. The second-order valence-electron chi connectivity index (χ2n) is 4.34. The summed E-state index contributed by atoms with van der Waals surface area (Å²) in [6.07, 6.45) is 4.18. The van der Waals surface area contributed by atoms with E-state index >= 15 is 0 Å². The minimum absolute atomic E-state index is 0.247. The molecule has 2 heterocycles. The summed E-state index contributed by atoms with van der Waals surface area (Å²) in [6, 6.07) is 5.74. The molecule has 2 aromatic rings. The lowest BCUT2D eigenvalue weighted by atomic mass is 9.97. The lowest BCUT2D eigenvalue weighted by Gasteiger charge is -2.14. The fourth-order valence-electron chi connectivity index (χ4n) is 2.46. The number of ketones is 1. The molecule has 0 aromatic carbocycles. The van der Waals surface area contributed by atoms with Gasteiger partial charge in [0.15, 0.2) is 11.6 Å². The molecule has 0 bridgehead atoms. The number of hydrogen-bond donors (Lipinski definition) is 0. The van der Waals surface area contributed by atoms with Gasteiger partial charge in [-0.25, -0.2) is 0 Å². The normalized spacial score (nSPS) is 14.8. The van der Waals surface area contributed by atoms with Crippen molar-refractivity contribution in [3.05, 3.63) is 41.3 Å². The van der Waals surface area contributed by atoms with Crippen LogP contribution in [0.2, 0.25) is 0 Å². The third-order valence-electron chi connectivity index (χ3n) is 3.19. The van der Waals surface area contributed by atoms with E-state index in [0.717, 1.165) is 35.6 Å². The standard InChI is InChI=1S/C13H13N3O/c1-9-8-10-11(4-2-5-12(10)17)16(9)13-6-3-7-14-15-13/h3,6-8H,2,4-5H2,1H3. The summed E-state index contributed by atoms with van der Waals surface area (Å²) in [5.41, 5.74) is 2.99. The number of nitrogens with zero attached hydrogens (tertiary/aromatic N) is 3. The molecule has 0 aliphatic heterocycles. The number of carbonyl (C=O) groups is 1. The van der Waals surface area contributed by atoms with Crippen LogP contribution >= 0.6 is 0 Å². The van der Waals surface area contributed by atoms with E-state index in [2.05, 4.69) is 10.2 Å². The molecule has 86 valence electrons.